The topological polar surface area (TPSA) is 41.1 Å². The van der Waals surface area contributed by atoms with Crippen molar-refractivity contribution < 1.29 is 0 Å². The van der Waals surface area contributed by atoms with Gasteiger partial charge in [-0.25, -0.2) is 9.97 Å². The molecular weight excluding hydrogens is 232 g/mol. The monoisotopic (exact) mass is 252 g/mol. The van der Waals surface area contributed by atoms with Crippen molar-refractivity contribution in [1.82, 2.24) is 9.97 Å². The number of aryl methyl sites for hydroxylation is 1. The Morgan fingerprint density at radius 2 is 2.12 bits per heavy atom. The summed E-state index contributed by atoms with van der Waals surface area (Å²) in [6.45, 7) is 4.03. The number of anilines is 2. The van der Waals surface area contributed by atoms with E-state index in [0.29, 0.717) is 6.04 Å². The average Bonchev–Trinajstić information content (AvgIpc) is 2.84. The third-order valence-corrected chi connectivity index (χ3v) is 4.40. The van der Waals surface area contributed by atoms with Crippen molar-refractivity contribution in [2.45, 2.75) is 26.3 Å². The molecule has 94 valence electrons. The molecule has 2 heterocycles. The Balaban J connectivity index is 2.33. The van der Waals surface area contributed by atoms with E-state index in [1.165, 1.54) is 17.9 Å². The molecule has 1 unspecified atom stereocenters. The molecule has 2 rings (SSSR count). The van der Waals surface area contributed by atoms with Crippen LogP contribution < -0.4 is 10.2 Å². The van der Waals surface area contributed by atoms with Crippen LogP contribution in [0.1, 0.15) is 17.8 Å². The molecule has 1 fully saturated rings. The molecule has 1 N–H and O–H groups in total. The van der Waals surface area contributed by atoms with E-state index in [2.05, 4.69) is 34.2 Å². The van der Waals surface area contributed by atoms with Gasteiger partial charge < -0.3 is 10.2 Å². The van der Waals surface area contributed by atoms with Crippen molar-refractivity contribution in [3.63, 3.8) is 0 Å². The van der Waals surface area contributed by atoms with Gasteiger partial charge in [-0.1, -0.05) is 0 Å². The molecule has 0 aromatic carbocycles. The van der Waals surface area contributed by atoms with Crippen molar-refractivity contribution in [3.8, 4) is 0 Å². The third-order valence-electron chi connectivity index (χ3n) is 3.26. The lowest BCUT2D eigenvalue weighted by Gasteiger charge is -2.27. The van der Waals surface area contributed by atoms with Gasteiger partial charge in [0.2, 0.25) is 0 Å². The van der Waals surface area contributed by atoms with Crippen LogP contribution in [-0.4, -0.2) is 41.6 Å². The van der Waals surface area contributed by atoms with Crippen LogP contribution >= 0.6 is 11.8 Å². The first-order valence-corrected chi connectivity index (χ1v) is 7.12. The minimum atomic E-state index is 0.609. The SMILES string of the molecule is CNc1nc(C)nc(N(C)C2CCSC2)c1C. The van der Waals surface area contributed by atoms with Gasteiger partial charge in [-0.3, -0.25) is 0 Å². The highest BCUT2D eigenvalue weighted by atomic mass is 32.2. The number of nitrogens with zero attached hydrogens (tertiary/aromatic N) is 3. The Labute approximate surface area is 107 Å². The molecule has 4 nitrogen and oxygen atoms in total. The van der Waals surface area contributed by atoms with Gasteiger partial charge in [-0.05, 0) is 26.0 Å². The van der Waals surface area contributed by atoms with E-state index < -0.39 is 0 Å². The Morgan fingerprint density at radius 1 is 1.35 bits per heavy atom. The van der Waals surface area contributed by atoms with Crippen molar-refractivity contribution >= 4 is 23.4 Å². The Kier molecular flexibility index (Phi) is 3.76. The second-order valence-corrected chi connectivity index (χ2v) is 5.60. The van der Waals surface area contributed by atoms with Gasteiger partial charge in [0, 0.05) is 31.5 Å². The zero-order chi connectivity index (χ0) is 12.4. The summed E-state index contributed by atoms with van der Waals surface area (Å²) < 4.78 is 0. The van der Waals surface area contributed by atoms with Crippen LogP contribution in [0.5, 0.6) is 0 Å². The predicted octanol–water partition coefficient (Wildman–Crippen LogP) is 2.08. The maximum atomic E-state index is 4.59. The lowest BCUT2D eigenvalue weighted by atomic mass is 10.2. The molecule has 1 aromatic rings. The molecular formula is C12H20N4S. The van der Waals surface area contributed by atoms with Crippen LogP contribution in [0.2, 0.25) is 0 Å². The molecule has 5 heteroatoms. The summed E-state index contributed by atoms with van der Waals surface area (Å²) in [6.07, 6.45) is 1.25. The third kappa shape index (κ3) is 2.49. The molecule has 0 saturated carbocycles. The number of aromatic nitrogens is 2. The predicted molar refractivity (Wildman–Crippen MR) is 75.2 cm³/mol. The molecule has 0 aliphatic carbocycles. The number of thioether (sulfide) groups is 1. The summed E-state index contributed by atoms with van der Waals surface area (Å²) in [5, 5.41) is 3.14. The first kappa shape index (κ1) is 12.5. The Morgan fingerprint density at radius 3 is 2.71 bits per heavy atom. The van der Waals surface area contributed by atoms with Crippen LogP contribution in [0.25, 0.3) is 0 Å². The number of nitrogens with one attached hydrogen (secondary N) is 1. The second-order valence-electron chi connectivity index (χ2n) is 4.45. The van der Waals surface area contributed by atoms with Gasteiger partial charge in [0.05, 0.1) is 0 Å². The summed E-state index contributed by atoms with van der Waals surface area (Å²) >= 11 is 2.02. The summed E-state index contributed by atoms with van der Waals surface area (Å²) in [6, 6.07) is 0.609. The minimum absolute atomic E-state index is 0.609. The lowest BCUT2D eigenvalue weighted by molar-refractivity contribution is 0.687. The maximum Gasteiger partial charge on any atom is 0.137 e. The zero-order valence-corrected chi connectivity index (χ0v) is 11.8. The minimum Gasteiger partial charge on any atom is -0.373 e. The van der Waals surface area contributed by atoms with Gasteiger partial charge in [0.1, 0.15) is 17.5 Å². The fourth-order valence-corrected chi connectivity index (χ4v) is 3.47. The number of rotatable bonds is 3. The van der Waals surface area contributed by atoms with E-state index in [0.717, 1.165) is 23.0 Å². The molecule has 1 atom stereocenters. The Hall–Kier alpha value is -0.970. The number of hydrogen-bond acceptors (Lipinski definition) is 5. The van der Waals surface area contributed by atoms with Crippen LogP contribution in [0.15, 0.2) is 0 Å². The standard InChI is InChI=1S/C12H20N4S/c1-8-11(13-3)14-9(2)15-12(8)16(4)10-5-6-17-7-10/h10H,5-7H2,1-4H3,(H,13,14,15). The van der Waals surface area contributed by atoms with Crippen LogP contribution in [0.3, 0.4) is 0 Å². The van der Waals surface area contributed by atoms with Crippen LogP contribution in [-0.2, 0) is 0 Å². The highest BCUT2D eigenvalue weighted by Crippen LogP contribution is 2.28. The smallest absolute Gasteiger partial charge is 0.137 e. The van der Waals surface area contributed by atoms with Gasteiger partial charge >= 0.3 is 0 Å². The second kappa shape index (κ2) is 5.12. The first-order valence-electron chi connectivity index (χ1n) is 5.97. The molecule has 17 heavy (non-hydrogen) atoms. The van der Waals surface area contributed by atoms with Gasteiger partial charge in [-0.2, -0.15) is 11.8 Å². The molecule has 1 aromatic heterocycles. The largest absolute Gasteiger partial charge is 0.373 e. The van der Waals surface area contributed by atoms with E-state index in [9.17, 15) is 0 Å². The molecule has 1 aliphatic rings. The fraction of sp³-hybridized carbons (Fsp3) is 0.667. The van der Waals surface area contributed by atoms with E-state index in [1.54, 1.807) is 0 Å². The van der Waals surface area contributed by atoms with Gasteiger partial charge in [0.15, 0.2) is 0 Å². The highest BCUT2D eigenvalue weighted by Gasteiger charge is 2.23. The van der Waals surface area contributed by atoms with E-state index >= 15 is 0 Å². The average molecular weight is 252 g/mol. The Bertz CT molecular complexity index is 402. The molecule has 0 amide bonds. The van der Waals surface area contributed by atoms with E-state index in [4.69, 9.17) is 0 Å². The summed E-state index contributed by atoms with van der Waals surface area (Å²) in [5.74, 6) is 5.29. The first-order chi connectivity index (χ1) is 8.13. The van der Waals surface area contributed by atoms with Gasteiger partial charge in [0.25, 0.3) is 0 Å². The van der Waals surface area contributed by atoms with E-state index in [1.807, 2.05) is 25.7 Å². The summed E-state index contributed by atoms with van der Waals surface area (Å²) in [4.78, 5) is 11.3. The van der Waals surface area contributed by atoms with Gasteiger partial charge in [-0.15, -0.1) is 0 Å². The summed E-state index contributed by atoms with van der Waals surface area (Å²) in [5.41, 5.74) is 1.14. The molecule has 1 saturated heterocycles. The quantitative estimate of drug-likeness (QED) is 0.892. The van der Waals surface area contributed by atoms with Crippen molar-refractivity contribution in [2.24, 2.45) is 0 Å². The molecule has 0 spiro atoms. The maximum absolute atomic E-state index is 4.59. The molecule has 0 bridgehead atoms. The lowest BCUT2D eigenvalue weighted by Crippen LogP contribution is -2.33. The molecule has 1 aliphatic heterocycles. The van der Waals surface area contributed by atoms with Crippen molar-refractivity contribution in [2.75, 3.05) is 35.8 Å². The van der Waals surface area contributed by atoms with Crippen LogP contribution in [0, 0.1) is 13.8 Å². The number of hydrogen-bond donors (Lipinski definition) is 1. The zero-order valence-electron chi connectivity index (χ0n) is 10.9. The van der Waals surface area contributed by atoms with Crippen molar-refractivity contribution in [3.05, 3.63) is 11.4 Å². The summed E-state index contributed by atoms with van der Waals surface area (Å²) in [7, 11) is 4.05. The van der Waals surface area contributed by atoms with Crippen LogP contribution in [0.4, 0.5) is 11.6 Å². The molecule has 0 radical (unpaired) electrons. The highest BCUT2D eigenvalue weighted by molar-refractivity contribution is 7.99. The van der Waals surface area contributed by atoms with E-state index in [-0.39, 0.29) is 0 Å². The normalized spacial score (nSPS) is 19.4. The van der Waals surface area contributed by atoms with Crippen molar-refractivity contribution in [1.29, 1.82) is 0 Å². The fourth-order valence-electron chi connectivity index (χ4n) is 2.20.